The van der Waals surface area contributed by atoms with Gasteiger partial charge in [-0.2, -0.15) is 5.10 Å². The number of hydrogen-bond acceptors (Lipinski definition) is 4. The predicted molar refractivity (Wildman–Crippen MR) is 93.9 cm³/mol. The van der Waals surface area contributed by atoms with Crippen molar-refractivity contribution >= 4 is 16.9 Å². The van der Waals surface area contributed by atoms with Crippen LogP contribution in [-0.2, 0) is 18.4 Å². The fraction of sp³-hybridized carbons (Fsp3) is 0.444. The molecule has 1 aliphatic heterocycles. The van der Waals surface area contributed by atoms with Crippen LogP contribution >= 0.6 is 0 Å². The predicted octanol–water partition coefficient (Wildman–Crippen LogP) is 2.15. The Labute approximate surface area is 146 Å². The fourth-order valence-corrected chi connectivity index (χ4v) is 3.89. The molecule has 1 atom stereocenters. The van der Waals surface area contributed by atoms with Crippen molar-refractivity contribution in [1.82, 2.24) is 29.7 Å². The molecule has 0 unspecified atom stereocenters. The zero-order valence-corrected chi connectivity index (χ0v) is 14.8. The third-order valence-corrected chi connectivity index (χ3v) is 5.18. The van der Waals surface area contributed by atoms with Gasteiger partial charge in [-0.05, 0) is 38.8 Å². The second-order valence-corrected chi connectivity index (χ2v) is 6.69. The molecule has 0 N–H and O–H groups in total. The summed E-state index contributed by atoms with van der Waals surface area (Å²) in [4.78, 5) is 15.0. The van der Waals surface area contributed by atoms with E-state index in [1.54, 1.807) is 4.68 Å². The Hall–Kier alpha value is -2.70. The van der Waals surface area contributed by atoms with Crippen molar-refractivity contribution in [3.05, 3.63) is 41.2 Å². The van der Waals surface area contributed by atoms with Crippen LogP contribution < -0.4 is 0 Å². The van der Waals surface area contributed by atoms with Crippen molar-refractivity contribution in [3.63, 3.8) is 0 Å². The van der Waals surface area contributed by atoms with E-state index in [-0.39, 0.29) is 18.5 Å². The van der Waals surface area contributed by atoms with Crippen LogP contribution in [0, 0.1) is 13.8 Å². The lowest BCUT2D eigenvalue weighted by Gasteiger charge is -2.25. The van der Waals surface area contributed by atoms with Crippen LogP contribution in [0.2, 0.25) is 0 Å². The van der Waals surface area contributed by atoms with Crippen LogP contribution in [0.15, 0.2) is 24.3 Å². The molecule has 0 spiro atoms. The standard InChI is InChI=1S/C18H22N6O/c1-12-18(13(2)22(3)20-12)16-9-6-10-23(16)17(25)11-24-15-8-5-4-7-14(15)19-21-24/h4-5,7-8,16H,6,9-11H2,1-3H3/t16-/m0/s1. The Balaban J connectivity index is 1.61. The molecule has 130 valence electrons. The number of benzene rings is 1. The fourth-order valence-electron chi connectivity index (χ4n) is 3.89. The number of aromatic nitrogens is 5. The van der Waals surface area contributed by atoms with E-state index in [1.165, 1.54) is 5.56 Å². The Kier molecular flexibility index (Phi) is 3.78. The molecule has 1 fully saturated rings. The average Bonchev–Trinajstić information content (AvgIpc) is 3.27. The van der Waals surface area contributed by atoms with Gasteiger partial charge in [0.05, 0.1) is 17.3 Å². The van der Waals surface area contributed by atoms with E-state index in [2.05, 4.69) is 22.3 Å². The minimum Gasteiger partial charge on any atom is -0.334 e. The highest BCUT2D eigenvalue weighted by molar-refractivity contribution is 5.80. The van der Waals surface area contributed by atoms with Gasteiger partial charge in [0.15, 0.2) is 0 Å². The lowest BCUT2D eigenvalue weighted by atomic mass is 10.0. The Morgan fingerprint density at radius 3 is 2.84 bits per heavy atom. The van der Waals surface area contributed by atoms with Gasteiger partial charge in [-0.25, -0.2) is 4.68 Å². The summed E-state index contributed by atoms with van der Waals surface area (Å²) in [5, 5.41) is 12.8. The van der Waals surface area contributed by atoms with Gasteiger partial charge < -0.3 is 4.90 Å². The van der Waals surface area contributed by atoms with E-state index in [1.807, 2.05) is 47.8 Å². The van der Waals surface area contributed by atoms with Crippen molar-refractivity contribution in [2.75, 3.05) is 6.54 Å². The Morgan fingerprint density at radius 1 is 1.28 bits per heavy atom. The molecule has 0 radical (unpaired) electrons. The number of nitrogens with zero attached hydrogens (tertiary/aromatic N) is 6. The summed E-state index contributed by atoms with van der Waals surface area (Å²) >= 11 is 0. The van der Waals surface area contributed by atoms with E-state index < -0.39 is 0 Å². The zero-order valence-electron chi connectivity index (χ0n) is 14.8. The largest absolute Gasteiger partial charge is 0.334 e. The second-order valence-electron chi connectivity index (χ2n) is 6.69. The summed E-state index contributed by atoms with van der Waals surface area (Å²) < 4.78 is 3.59. The number of carbonyl (C=O) groups is 1. The van der Waals surface area contributed by atoms with E-state index >= 15 is 0 Å². The minimum atomic E-state index is 0.0841. The lowest BCUT2D eigenvalue weighted by Crippen LogP contribution is -2.34. The normalized spacial score (nSPS) is 17.6. The van der Waals surface area contributed by atoms with Gasteiger partial charge in [0.25, 0.3) is 0 Å². The number of likely N-dealkylation sites (tertiary alicyclic amines) is 1. The molecule has 4 rings (SSSR count). The highest BCUT2D eigenvalue weighted by atomic mass is 16.2. The van der Waals surface area contributed by atoms with E-state index in [9.17, 15) is 4.79 Å². The number of aryl methyl sites for hydroxylation is 2. The molecular weight excluding hydrogens is 316 g/mol. The topological polar surface area (TPSA) is 68.8 Å². The van der Waals surface area contributed by atoms with Crippen molar-refractivity contribution in [2.24, 2.45) is 7.05 Å². The van der Waals surface area contributed by atoms with Gasteiger partial charge in [0, 0.05) is 24.8 Å². The van der Waals surface area contributed by atoms with Crippen LogP contribution in [0.1, 0.15) is 35.8 Å². The molecule has 3 heterocycles. The summed E-state index contributed by atoms with van der Waals surface area (Å²) in [5.41, 5.74) is 5.04. The number of para-hydroxylation sites is 1. The molecule has 3 aromatic rings. The molecule has 0 saturated carbocycles. The third-order valence-electron chi connectivity index (χ3n) is 5.18. The van der Waals surface area contributed by atoms with E-state index in [0.717, 1.165) is 41.8 Å². The van der Waals surface area contributed by atoms with Crippen molar-refractivity contribution in [1.29, 1.82) is 0 Å². The van der Waals surface area contributed by atoms with Gasteiger partial charge in [-0.1, -0.05) is 17.3 Å². The summed E-state index contributed by atoms with van der Waals surface area (Å²) in [6.45, 7) is 5.09. The van der Waals surface area contributed by atoms with Crippen LogP contribution in [0.25, 0.3) is 11.0 Å². The first-order valence-corrected chi connectivity index (χ1v) is 8.64. The van der Waals surface area contributed by atoms with Crippen LogP contribution in [0.3, 0.4) is 0 Å². The molecule has 25 heavy (non-hydrogen) atoms. The molecule has 1 aliphatic rings. The minimum absolute atomic E-state index is 0.0841. The SMILES string of the molecule is Cc1nn(C)c(C)c1[C@@H]1CCCN1C(=O)Cn1nnc2ccccc21. The smallest absolute Gasteiger partial charge is 0.244 e. The number of rotatable bonds is 3. The number of fused-ring (bicyclic) bond motifs is 1. The quantitative estimate of drug-likeness (QED) is 0.734. The molecule has 7 heteroatoms. The summed E-state index contributed by atoms with van der Waals surface area (Å²) in [6, 6.07) is 7.82. The van der Waals surface area contributed by atoms with Crippen LogP contribution in [0.4, 0.5) is 0 Å². The Bertz CT molecular complexity index is 940. The molecule has 2 aromatic heterocycles. The van der Waals surface area contributed by atoms with Gasteiger partial charge in [0.1, 0.15) is 12.1 Å². The highest BCUT2D eigenvalue weighted by Crippen LogP contribution is 2.35. The Morgan fingerprint density at radius 2 is 2.08 bits per heavy atom. The monoisotopic (exact) mass is 338 g/mol. The summed E-state index contributed by atoms with van der Waals surface area (Å²) in [5.74, 6) is 0.0841. The first-order chi connectivity index (χ1) is 12.1. The maximum Gasteiger partial charge on any atom is 0.244 e. The van der Waals surface area contributed by atoms with Gasteiger partial charge in [-0.15, -0.1) is 5.10 Å². The van der Waals surface area contributed by atoms with E-state index in [4.69, 9.17) is 0 Å². The summed E-state index contributed by atoms with van der Waals surface area (Å²) in [7, 11) is 1.95. The maximum absolute atomic E-state index is 13.0. The molecule has 0 aliphatic carbocycles. The molecule has 1 saturated heterocycles. The summed E-state index contributed by atoms with van der Waals surface area (Å²) in [6.07, 6.45) is 2.00. The van der Waals surface area contributed by atoms with Crippen molar-refractivity contribution in [2.45, 2.75) is 39.3 Å². The molecule has 7 nitrogen and oxygen atoms in total. The van der Waals surface area contributed by atoms with Crippen molar-refractivity contribution < 1.29 is 4.79 Å². The first-order valence-electron chi connectivity index (χ1n) is 8.64. The van der Waals surface area contributed by atoms with E-state index in [0.29, 0.717) is 0 Å². The first kappa shape index (κ1) is 15.8. The van der Waals surface area contributed by atoms with Crippen LogP contribution in [-0.4, -0.2) is 42.1 Å². The zero-order chi connectivity index (χ0) is 17.6. The van der Waals surface area contributed by atoms with Gasteiger partial charge >= 0.3 is 0 Å². The third kappa shape index (κ3) is 2.59. The lowest BCUT2D eigenvalue weighted by molar-refractivity contribution is -0.132. The van der Waals surface area contributed by atoms with Gasteiger partial charge in [-0.3, -0.25) is 9.48 Å². The second kappa shape index (κ2) is 5.98. The highest BCUT2D eigenvalue weighted by Gasteiger charge is 2.33. The molecule has 0 bridgehead atoms. The van der Waals surface area contributed by atoms with Crippen LogP contribution in [0.5, 0.6) is 0 Å². The van der Waals surface area contributed by atoms with Crippen molar-refractivity contribution in [3.8, 4) is 0 Å². The maximum atomic E-state index is 13.0. The number of amides is 1. The number of hydrogen-bond donors (Lipinski definition) is 0. The molecule has 1 amide bonds. The molecule has 1 aromatic carbocycles. The number of carbonyl (C=O) groups excluding carboxylic acids is 1. The van der Waals surface area contributed by atoms with Gasteiger partial charge in [0.2, 0.25) is 5.91 Å². The molecular formula is C18H22N6O. The average molecular weight is 338 g/mol.